The van der Waals surface area contributed by atoms with Crippen LogP contribution in [0.4, 0.5) is 11.8 Å². The lowest BCUT2D eigenvalue weighted by atomic mass is 10.4. The molecule has 0 unspecified atom stereocenters. The van der Waals surface area contributed by atoms with Crippen molar-refractivity contribution in [1.29, 1.82) is 0 Å². The number of aromatic nitrogens is 4. The van der Waals surface area contributed by atoms with Gasteiger partial charge in [-0.3, -0.25) is 4.57 Å². The Morgan fingerprint density at radius 3 is 2.80 bits per heavy atom. The highest BCUT2D eigenvalue weighted by Gasteiger charge is 2.17. The second-order valence-corrected chi connectivity index (χ2v) is 5.89. The molecule has 2 aromatic rings. The molecule has 0 spiro atoms. The molecule has 0 saturated heterocycles. The first-order valence-electron chi connectivity index (χ1n) is 5.66. The highest BCUT2D eigenvalue weighted by Crippen LogP contribution is 2.34. The quantitative estimate of drug-likeness (QED) is 0.534. The van der Waals surface area contributed by atoms with E-state index in [0.29, 0.717) is 17.7 Å². The van der Waals surface area contributed by atoms with E-state index in [4.69, 9.17) is 26.0 Å². The van der Waals surface area contributed by atoms with Crippen LogP contribution in [0.5, 0.6) is 0 Å². The Morgan fingerprint density at radius 2 is 2.15 bits per heavy atom. The molecule has 110 valence electrons. The van der Waals surface area contributed by atoms with Crippen LogP contribution in [-0.2, 0) is 15.8 Å². The van der Waals surface area contributed by atoms with Crippen molar-refractivity contribution in [2.24, 2.45) is 0 Å². The van der Waals surface area contributed by atoms with E-state index in [-0.39, 0.29) is 11.8 Å². The monoisotopic (exact) mass is 302 g/mol. The molecule has 0 fully saturated rings. The Morgan fingerprint density at radius 1 is 1.45 bits per heavy atom. The van der Waals surface area contributed by atoms with E-state index in [0.717, 1.165) is 0 Å². The third-order valence-electron chi connectivity index (χ3n) is 2.49. The summed E-state index contributed by atoms with van der Waals surface area (Å²) in [5, 5.41) is 0. The van der Waals surface area contributed by atoms with E-state index in [2.05, 4.69) is 15.0 Å². The number of hydrogen-bond donors (Lipinski definition) is 4. The van der Waals surface area contributed by atoms with Crippen LogP contribution < -0.4 is 11.5 Å². The van der Waals surface area contributed by atoms with Gasteiger partial charge in [-0.15, -0.1) is 0 Å². The van der Waals surface area contributed by atoms with Gasteiger partial charge in [0, 0.05) is 0 Å². The number of anilines is 2. The third kappa shape index (κ3) is 3.42. The molecule has 0 aromatic carbocycles. The first kappa shape index (κ1) is 14.7. The molecule has 0 saturated carbocycles. The van der Waals surface area contributed by atoms with E-state index in [1.54, 1.807) is 11.5 Å². The highest BCUT2D eigenvalue weighted by molar-refractivity contribution is 7.51. The molecule has 6 N–H and O–H groups in total. The molecule has 0 aliphatic carbocycles. The summed E-state index contributed by atoms with van der Waals surface area (Å²) in [6, 6.07) is 0. The van der Waals surface area contributed by atoms with Crippen LogP contribution in [0.3, 0.4) is 0 Å². The van der Waals surface area contributed by atoms with Crippen molar-refractivity contribution in [2.45, 2.75) is 19.6 Å². The predicted octanol–water partition coefficient (Wildman–Crippen LogP) is -0.469. The summed E-state index contributed by atoms with van der Waals surface area (Å²) in [4.78, 5) is 29.4. The van der Waals surface area contributed by atoms with E-state index in [1.807, 2.05) is 0 Å². The van der Waals surface area contributed by atoms with Gasteiger partial charge in [-0.05, 0) is 6.92 Å². The summed E-state index contributed by atoms with van der Waals surface area (Å²) >= 11 is 0. The fourth-order valence-electron chi connectivity index (χ4n) is 1.67. The van der Waals surface area contributed by atoms with Crippen LogP contribution in [0.25, 0.3) is 11.2 Å². The van der Waals surface area contributed by atoms with Crippen LogP contribution in [0.15, 0.2) is 6.33 Å². The average molecular weight is 302 g/mol. The van der Waals surface area contributed by atoms with Gasteiger partial charge in [0.1, 0.15) is 11.9 Å². The Balaban J connectivity index is 2.16. The van der Waals surface area contributed by atoms with Gasteiger partial charge in [0.15, 0.2) is 11.5 Å². The Labute approximate surface area is 113 Å². The predicted molar refractivity (Wildman–Crippen MR) is 71.6 cm³/mol. The number of nitrogens with two attached hydrogens (primary N) is 2. The normalized spacial score (nSPS) is 13.8. The molecule has 0 aliphatic heterocycles. The highest BCUT2D eigenvalue weighted by atomic mass is 31.2. The van der Waals surface area contributed by atoms with E-state index in [9.17, 15) is 4.57 Å². The maximum Gasteiger partial charge on any atom is 0.350 e. The largest absolute Gasteiger partial charge is 0.382 e. The molecule has 0 amide bonds. The number of nitrogens with zero attached hydrogens (tertiary/aromatic N) is 4. The molecule has 2 rings (SSSR count). The third-order valence-corrected chi connectivity index (χ3v) is 2.97. The first-order valence-corrected chi connectivity index (χ1v) is 7.46. The molecule has 10 nitrogen and oxygen atoms in total. The van der Waals surface area contributed by atoms with E-state index in [1.165, 1.54) is 6.33 Å². The maximum absolute atomic E-state index is 10.7. The minimum Gasteiger partial charge on any atom is -0.382 e. The van der Waals surface area contributed by atoms with Gasteiger partial charge in [0.2, 0.25) is 5.95 Å². The van der Waals surface area contributed by atoms with Crippen molar-refractivity contribution in [2.75, 3.05) is 17.8 Å². The molecule has 2 heterocycles. The summed E-state index contributed by atoms with van der Waals surface area (Å²) in [5.74, 6) is 0.204. The van der Waals surface area contributed by atoms with Gasteiger partial charge >= 0.3 is 7.60 Å². The number of imidazole rings is 1. The minimum absolute atomic E-state index is 0.0283. The van der Waals surface area contributed by atoms with Crippen LogP contribution >= 0.6 is 7.60 Å². The lowest BCUT2D eigenvalue weighted by molar-refractivity contribution is 0.0764. The van der Waals surface area contributed by atoms with Gasteiger partial charge in [-0.25, -0.2) is 4.98 Å². The number of nitrogen functional groups attached to an aromatic ring is 2. The Hall–Kier alpha value is -1.74. The molecule has 0 bridgehead atoms. The van der Waals surface area contributed by atoms with Crippen molar-refractivity contribution in [3.63, 3.8) is 0 Å². The zero-order valence-corrected chi connectivity index (χ0v) is 11.6. The SMILES string of the molecule is C[C@H](Cn1cnc2c(N)nc(N)nc21)OCP(=O)(O)O. The number of fused-ring (bicyclic) bond motifs is 1. The maximum atomic E-state index is 10.7. The average Bonchev–Trinajstić information content (AvgIpc) is 2.69. The fourth-order valence-corrected chi connectivity index (χ4v) is 2.12. The van der Waals surface area contributed by atoms with Gasteiger partial charge in [0.05, 0.1) is 19.0 Å². The van der Waals surface area contributed by atoms with E-state index < -0.39 is 20.0 Å². The number of rotatable bonds is 5. The van der Waals surface area contributed by atoms with Crippen molar-refractivity contribution in [1.82, 2.24) is 19.5 Å². The molecule has 2 aromatic heterocycles. The molecule has 0 aliphatic rings. The lowest BCUT2D eigenvalue weighted by Crippen LogP contribution is -2.17. The zero-order valence-electron chi connectivity index (χ0n) is 10.7. The first-order chi connectivity index (χ1) is 9.26. The number of ether oxygens (including phenoxy) is 1. The molecular weight excluding hydrogens is 287 g/mol. The van der Waals surface area contributed by atoms with Gasteiger partial charge in [0.25, 0.3) is 0 Å². The molecule has 0 radical (unpaired) electrons. The summed E-state index contributed by atoms with van der Waals surface area (Å²) in [6.07, 6.45) is 0.407. The van der Waals surface area contributed by atoms with Crippen LogP contribution in [-0.4, -0.2) is 41.8 Å². The Bertz CT molecular complexity index is 668. The topological polar surface area (TPSA) is 162 Å². The second-order valence-electron chi connectivity index (χ2n) is 4.31. The van der Waals surface area contributed by atoms with Gasteiger partial charge in [-0.1, -0.05) is 0 Å². The fraction of sp³-hybridized carbons (Fsp3) is 0.444. The van der Waals surface area contributed by atoms with Gasteiger partial charge < -0.3 is 30.6 Å². The van der Waals surface area contributed by atoms with Crippen molar-refractivity contribution in [3.05, 3.63) is 6.33 Å². The molecular formula is C9H15N6O4P. The van der Waals surface area contributed by atoms with Crippen molar-refractivity contribution >= 4 is 30.5 Å². The van der Waals surface area contributed by atoms with Crippen LogP contribution in [0.2, 0.25) is 0 Å². The summed E-state index contributed by atoms with van der Waals surface area (Å²) < 4.78 is 17.4. The standard InChI is InChI=1S/C9H15N6O4P/c1-5(19-4-20(16,17)18)2-15-3-12-6-7(10)13-9(11)14-8(6)15/h3,5H,2,4H2,1H3,(H2,16,17,18)(H4,10,11,13,14)/t5-/m1/s1. The van der Waals surface area contributed by atoms with Gasteiger partial charge in [-0.2, -0.15) is 9.97 Å². The lowest BCUT2D eigenvalue weighted by Gasteiger charge is -2.14. The summed E-state index contributed by atoms with van der Waals surface area (Å²) in [7, 11) is -4.19. The van der Waals surface area contributed by atoms with Crippen molar-refractivity contribution < 1.29 is 19.1 Å². The van der Waals surface area contributed by atoms with E-state index >= 15 is 0 Å². The molecule has 1 atom stereocenters. The summed E-state index contributed by atoms with van der Waals surface area (Å²) in [6.45, 7) is 1.97. The van der Waals surface area contributed by atoms with Crippen molar-refractivity contribution in [3.8, 4) is 0 Å². The zero-order chi connectivity index (χ0) is 14.9. The number of hydrogen-bond acceptors (Lipinski definition) is 7. The minimum atomic E-state index is -4.19. The smallest absolute Gasteiger partial charge is 0.350 e. The van der Waals surface area contributed by atoms with Crippen LogP contribution in [0.1, 0.15) is 6.92 Å². The second kappa shape index (κ2) is 5.33. The summed E-state index contributed by atoms with van der Waals surface area (Å²) in [5.41, 5.74) is 12.1. The molecule has 11 heteroatoms. The van der Waals surface area contributed by atoms with Crippen LogP contribution in [0, 0.1) is 0 Å². The molecule has 20 heavy (non-hydrogen) atoms. The Kier molecular flexibility index (Phi) is 3.91.